The van der Waals surface area contributed by atoms with E-state index in [4.69, 9.17) is 4.74 Å². The Hall–Kier alpha value is -0.380. The maximum atomic E-state index is 5.87. The molecule has 1 fully saturated rings. The first kappa shape index (κ1) is 13.7. The van der Waals surface area contributed by atoms with Crippen LogP contribution in [0.1, 0.15) is 26.2 Å². The third-order valence-electron chi connectivity index (χ3n) is 3.08. The molecule has 2 atom stereocenters. The van der Waals surface area contributed by atoms with Crippen molar-refractivity contribution in [2.75, 3.05) is 33.3 Å². The van der Waals surface area contributed by atoms with E-state index in [1.54, 1.807) is 0 Å². The van der Waals surface area contributed by atoms with Crippen LogP contribution in [-0.2, 0) is 4.74 Å². The van der Waals surface area contributed by atoms with Gasteiger partial charge in [-0.2, -0.15) is 0 Å². The van der Waals surface area contributed by atoms with Gasteiger partial charge in [0.05, 0.1) is 12.7 Å². The van der Waals surface area contributed by atoms with E-state index in [1.807, 2.05) is 6.08 Å². The fraction of sp³-hybridized carbons (Fsp3) is 0.846. The molecule has 1 rings (SSSR count). The molecule has 1 N–H and O–H groups in total. The van der Waals surface area contributed by atoms with Crippen molar-refractivity contribution < 1.29 is 4.74 Å². The Kier molecular flexibility index (Phi) is 6.69. The Morgan fingerprint density at radius 3 is 3.06 bits per heavy atom. The van der Waals surface area contributed by atoms with Crippen molar-refractivity contribution in [1.82, 2.24) is 10.2 Å². The van der Waals surface area contributed by atoms with Gasteiger partial charge in [0, 0.05) is 19.1 Å². The van der Waals surface area contributed by atoms with Crippen LogP contribution >= 0.6 is 0 Å². The smallest absolute Gasteiger partial charge is 0.0855 e. The Bertz CT molecular complexity index is 196. The van der Waals surface area contributed by atoms with Crippen molar-refractivity contribution in [3.63, 3.8) is 0 Å². The standard InChI is InChI=1S/C13H26N2O/c1-4-6-7-12(14-8-5-2)13-11-15(3)9-10-16-13/h4,12-14H,1,5-11H2,2-3H3. The van der Waals surface area contributed by atoms with Gasteiger partial charge in [0.2, 0.25) is 0 Å². The second kappa shape index (κ2) is 7.82. The van der Waals surface area contributed by atoms with E-state index in [2.05, 4.69) is 30.8 Å². The summed E-state index contributed by atoms with van der Waals surface area (Å²) in [6, 6.07) is 0.473. The number of nitrogens with zero attached hydrogens (tertiary/aromatic N) is 1. The number of hydrogen-bond acceptors (Lipinski definition) is 3. The van der Waals surface area contributed by atoms with Crippen LogP contribution in [-0.4, -0.2) is 50.3 Å². The molecule has 1 saturated heterocycles. The van der Waals surface area contributed by atoms with Gasteiger partial charge >= 0.3 is 0 Å². The average Bonchev–Trinajstić information content (AvgIpc) is 2.29. The van der Waals surface area contributed by atoms with Crippen molar-refractivity contribution >= 4 is 0 Å². The monoisotopic (exact) mass is 226 g/mol. The van der Waals surface area contributed by atoms with Gasteiger partial charge in [-0.1, -0.05) is 13.0 Å². The van der Waals surface area contributed by atoms with Crippen LogP contribution in [0.15, 0.2) is 12.7 Å². The van der Waals surface area contributed by atoms with Crippen LogP contribution in [0, 0.1) is 0 Å². The summed E-state index contributed by atoms with van der Waals surface area (Å²) in [6.45, 7) is 10.0. The van der Waals surface area contributed by atoms with Gasteiger partial charge in [0.25, 0.3) is 0 Å². The highest BCUT2D eigenvalue weighted by Crippen LogP contribution is 2.12. The molecular weight excluding hydrogens is 200 g/mol. The first-order valence-electron chi connectivity index (χ1n) is 6.42. The molecular formula is C13H26N2O. The number of allylic oxidation sites excluding steroid dienone is 1. The van der Waals surface area contributed by atoms with Crippen molar-refractivity contribution in [3.05, 3.63) is 12.7 Å². The van der Waals surface area contributed by atoms with E-state index >= 15 is 0 Å². The van der Waals surface area contributed by atoms with Crippen LogP contribution in [0.2, 0.25) is 0 Å². The molecule has 3 heteroatoms. The molecule has 2 unspecified atom stereocenters. The first-order valence-corrected chi connectivity index (χ1v) is 6.42. The van der Waals surface area contributed by atoms with Gasteiger partial charge in [-0.15, -0.1) is 6.58 Å². The molecule has 3 nitrogen and oxygen atoms in total. The zero-order valence-electron chi connectivity index (χ0n) is 10.7. The fourth-order valence-electron chi connectivity index (χ4n) is 2.10. The zero-order valence-corrected chi connectivity index (χ0v) is 10.7. The molecule has 0 radical (unpaired) electrons. The highest BCUT2D eigenvalue weighted by atomic mass is 16.5. The average molecular weight is 226 g/mol. The lowest BCUT2D eigenvalue weighted by molar-refractivity contribution is -0.0396. The van der Waals surface area contributed by atoms with Gasteiger partial charge in [0.15, 0.2) is 0 Å². The summed E-state index contributed by atoms with van der Waals surface area (Å²) in [5.41, 5.74) is 0. The number of nitrogens with one attached hydrogen (secondary N) is 1. The van der Waals surface area contributed by atoms with Crippen molar-refractivity contribution in [1.29, 1.82) is 0 Å². The normalized spacial score (nSPS) is 24.2. The summed E-state index contributed by atoms with van der Waals surface area (Å²) in [6.07, 6.45) is 5.69. The summed E-state index contributed by atoms with van der Waals surface area (Å²) in [4.78, 5) is 2.35. The molecule has 0 aromatic rings. The van der Waals surface area contributed by atoms with Gasteiger partial charge < -0.3 is 15.0 Å². The summed E-state index contributed by atoms with van der Waals surface area (Å²) < 4.78 is 5.87. The molecule has 1 aliphatic heterocycles. The number of rotatable bonds is 7. The molecule has 1 heterocycles. The van der Waals surface area contributed by atoms with Crippen LogP contribution in [0.4, 0.5) is 0 Å². The Morgan fingerprint density at radius 2 is 2.44 bits per heavy atom. The first-order chi connectivity index (χ1) is 7.77. The number of hydrogen-bond donors (Lipinski definition) is 1. The number of likely N-dealkylation sites (N-methyl/N-ethyl adjacent to an activating group) is 1. The van der Waals surface area contributed by atoms with Crippen LogP contribution in [0.25, 0.3) is 0 Å². The lowest BCUT2D eigenvalue weighted by atomic mass is 10.0. The van der Waals surface area contributed by atoms with Crippen molar-refractivity contribution in [3.8, 4) is 0 Å². The van der Waals surface area contributed by atoms with Crippen LogP contribution < -0.4 is 5.32 Å². The fourth-order valence-corrected chi connectivity index (χ4v) is 2.10. The lowest BCUT2D eigenvalue weighted by Gasteiger charge is -2.35. The summed E-state index contributed by atoms with van der Waals surface area (Å²) in [5, 5.41) is 3.60. The predicted molar refractivity (Wildman–Crippen MR) is 68.7 cm³/mol. The summed E-state index contributed by atoms with van der Waals surface area (Å²) in [5.74, 6) is 0. The third-order valence-corrected chi connectivity index (χ3v) is 3.08. The van der Waals surface area contributed by atoms with E-state index in [-0.39, 0.29) is 0 Å². The van der Waals surface area contributed by atoms with E-state index in [9.17, 15) is 0 Å². The molecule has 0 aromatic heterocycles. The lowest BCUT2D eigenvalue weighted by Crippen LogP contribution is -2.51. The van der Waals surface area contributed by atoms with E-state index in [0.29, 0.717) is 12.1 Å². The minimum atomic E-state index is 0.338. The van der Waals surface area contributed by atoms with Gasteiger partial charge in [-0.05, 0) is 32.9 Å². The molecule has 1 aliphatic rings. The van der Waals surface area contributed by atoms with Crippen LogP contribution in [0.3, 0.4) is 0 Å². The quantitative estimate of drug-likeness (QED) is 0.668. The van der Waals surface area contributed by atoms with E-state index in [1.165, 1.54) is 6.42 Å². The topological polar surface area (TPSA) is 24.5 Å². The third kappa shape index (κ3) is 4.64. The van der Waals surface area contributed by atoms with Crippen molar-refractivity contribution in [2.24, 2.45) is 0 Å². The van der Waals surface area contributed by atoms with E-state index in [0.717, 1.165) is 39.1 Å². The van der Waals surface area contributed by atoms with Gasteiger partial charge in [0.1, 0.15) is 0 Å². The second-order valence-corrected chi connectivity index (χ2v) is 4.60. The molecule has 16 heavy (non-hydrogen) atoms. The molecule has 0 aliphatic carbocycles. The van der Waals surface area contributed by atoms with Crippen molar-refractivity contribution in [2.45, 2.75) is 38.3 Å². The maximum Gasteiger partial charge on any atom is 0.0855 e. The SMILES string of the molecule is C=CCCC(NCCC)C1CN(C)CCO1. The molecule has 0 spiro atoms. The van der Waals surface area contributed by atoms with Gasteiger partial charge in [-0.25, -0.2) is 0 Å². The second-order valence-electron chi connectivity index (χ2n) is 4.60. The molecule has 0 saturated carbocycles. The highest BCUT2D eigenvalue weighted by molar-refractivity contribution is 4.84. The molecule has 0 bridgehead atoms. The van der Waals surface area contributed by atoms with Crippen LogP contribution in [0.5, 0.6) is 0 Å². The Balaban J connectivity index is 2.41. The Morgan fingerprint density at radius 1 is 1.62 bits per heavy atom. The zero-order chi connectivity index (χ0) is 11.8. The van der Waals surface area contributed by atoms with Gasteiger partial charge in [-0.3, -0.25) is 0 Å². The minimum absolute atomic E-state index is 0.338. The summed E-state index contributed by atoms with van der Waals surface area (Å²) in [7, 11) is 2.17. The molecule has 0 aromatic carbocycles. The maximum absolute atomic E-state index is 5.87. The Labute approximate surface area is 99.8 Å². The predicted octanol–water partition coefficient (Wildman–Crippen LogP) is 1.65. The number of morpholine rings is 1. The van der Waals surface area contributed by atoms with E-state index < -0.39 is 0 Å². The summed E-state index contributed by atoms with van der Waals surface area (Å²) >= 11 is 0. The molecule has 94 valence electrons. The number of ether oxygens (including phenoxy) is 1. The molecule has 0 amide bonds. The largest absolute Gasteiger partial charge is 0.374 e. The minimum Gasteiger partial charge on any atom is -0.374 e. The highest BCUT2D eigenvalue weighted by Gasteiger charge is 2.25.